The lowest BCUT2D eigenvalue weighted by atomic mass is 9.94. The second-order valence-corrected chi connectivity index (χ2v) is 9.16. The van der Waals surface area contributed by atoms with E-state index in [0.717, 1.165) is 38.0 Å². The summed E-state index contributed by atoms with van der Waals surface area (Å²) in [4.78, 5) is 0. The number of phenols is 1. The maximum atomic E-state index is 12.4. The summed E-state index contributed by atoms with van der Waals surface area (Å²) in [6.45, 7) is 1.91. The second kappa shape index (κ2) is 8.17. The smallest absolute Gasteiger partial charge is 0.243 e. The monoisotopic (exact) mass is 427 g/mol. The highest BCUT2D eigenvalue weighted by molar-refractivity contribution is 7.92. The van der Waals surface area contributed by atoms with Crippen molar-refractivity contribution in [1.82, 2.24) is 0 Å². The first-order valence-corrected chi connectivity index (χ1v) is 11.6. The summed E-state index contributed by atoms with van der Waals surface area (Å²) in [5.74, 6) is 3.26. The number of fused-ring (bicyclic) bond motifs is 1. The minimum Gasteiger partial charge on any atom is -0.507 e. The van der Waals surface area contributed by atoms with Crippen molar-refractivity contribution < 1.29 is 13.5 Å². The van der Waals surface area contributed by atoms with Crippen molar-refractivity contribution in [2.45, 2.75) is 6.92 Å². The lowest BCUT2D eigenvalue weighted by Crippen LogP contribution is -2.24. The van der Waals surface area contributed by atoms with Gasteiger partial charge in [-0.15, -0.1) is 0 Å². The third-order valence-corrected chi connectivity index (χ3v) is 5.94. The standard InChI is InChI=1S/C26H21NO3S/c1-19-8-7-10-21(18-19)27(31(2,29)30)17-16-20-9-3-4-11-22(20)24-14-15-26(28)25-13-6-5-12-23(24)25/h3-15,18,28H,1-2H3. The fraction of sp³-hybridized carbons (Fsp3) is 0.0769. The van der Waals surface area contributed by atoms with Crippen LogP contribution in [0.3, 0.4) is 0 Å². The molecule has 4 aromatic carbocycles. The van der Waals surface area contributed by atoms with Gasteiger partial charge in [0.15, 0.2) is 0 Å². The lowest BCUT2D eigenvalue weighted by Gasteiger charge is -2.15. The van der Waals surface area contributed by atoms with Crippen LogP contribution in [0.2, 0.25) is 0 Å². The van der Waals surface area contributed by atoms with Gasteiger partial charge in [-0.2, -0.15) is 4.31 Å². The van der Waals surface area contributed by atoms with Gasteiger partial charge in [0.1, 0.15) is 5.75 Å². The van der Waals surface area contributed by atoms with Crippen LogP contribution in [0.5, 0.6) is 5.75 Å². The van der Waals surface area contributed by atoms with Gasteiger partial charge in [-0.3, -0.25) is 0 Å². The molecule has 0 aromatic heterocycles. The molecule has 1 N–H and O–H groups in total. The zero-order valence-corrected chi connectivity index (χ0v) is 18.0. The Morgan fingerprint density at radius 3 is 2.26 bits per heavy atom. The molecule has 0 spiro atoms. The van der Waals surface area contributed by atoms with Crippen molar-refractivity contribution >= 4 is 26.5 Å². The van der Waals surface area contributed by atoms with Crippen LogP contribution >= 0.6 is 0 Å². The van der Waals surface area contributed by atoms with E-state index in [1.807, 2.05) is 67.6 Å². The van der Waals surface area contributed by atoms with Crippen LogP contribution in [0.4, 0.5) is 5.69 Å². The molecule has 0 aliphatic rings. The van der Waals surface area contributed by atoms with Crippen LogP contribution in [0, 0.1) is 18.9 Å². The van der Waals surface area contributed by atoms with Gasteiger partial charge in [0.05, 0.1) is 11.9 Å². The fourth-order valence-corrected chi connectivity index (χ4v) is 4.26. The number of nitrogens with zero attached hydrogens (tertiary/aromatic N) is 1. The first-order valence-electron chi connectivity index (χ1n) is 9.73. The average Bonchev–Trinajstić information content (AvgIpc) is 2.74. The third-order valence-electron chi connectivity index (χ3n) is 4.98. The fourth-order valence-electron chi connectivity index (χ4n) is 3.55. The molecule has 0 aliphatic carbocycles. The minimum atomic E-state index is -3.60. The van der Waals surface area contributed by atoms with Gasteiger partial charge in [-0.25, -0.2) is 8.42 Å². The molecular formula is C26H21NO3S. The van der Waals surface area contributed by atoms with Crippen molar-refractivity contribution in [3.63, 3.8) is 0 Å². The van der Waals surface area contributed by atoms with Crippen molar-refractivity contribution in [3.05, 3.63) is 96.1 Å². The maximum Gasteiger partial charge on any atom is 0.243 e. The molecule has 4 nitrogen and oxygen atoms in total. The van der Waals surface area contributed by atoms with Crippen molar-refractivity contribution in [2.75, 3.05) is 10.6 Å². The number of hydrogen-bond donors (Lipinski definition) is 1. The SMILES string of the molecule is Cc1cccc(N(C#Cc2ccccc2-c2ccc(O)c3ccccc23)S(C)(=O)=O)c1. The van der Waals surface area contributed by atoms with Crippen LogP contribution in [0.25, 0.3) is 21.9 Å². The van der Waals surface area contributed by atoms with E-state index >= 15 is 0 Å². The number of aryl methyl sites for hydroxylation is 1. The molecule has 0 bridgehead atoms. The van der Waals surface area contributed by atoms with Crippen molar-refractivity contribution in [3.8, 4) is 28.8 Å². The molecule has 0 atom stereocenters. The predicted molar refractivity (Wildman–Crippen MR) is 126 cm³/mol. The first-order chi connectivity index (χ1) is 14.8. The lowest BCUT2D eigenvalue weighted by molar-refractivity contribution is 0.481. The summed E-state index contributed by atoms with van der Waals surface area (Å²) in [5, 5.41) is 11.9. The Morgan fingerprint density at radius 2 is 1.52 bits per heavy atom. The number of phenolic OH excluding ortho intramolecular Hbond substituents is 1. The number of hydrogen-bond acceptors (Lipinski definition) is 3. The summed E-state index contributed by atoms with van der Waals surface area (Å²) in [6, 6.07) is 28.8. The molecule has 0 amide bonds. The zero-order valence-electron chi connectivity index (χ0n) is 17.2. The van der Waals surface area contributed by atoms with Gasteiger partial charge in [0.25, 0.3) is 0 Å². The Hall–Kier alpha value is -3.75. The van der Waals surface area contributed by atoms with E-state index in [0.29, 0.717) is 11.3 Å². The van der Waals surface area contributed by atoms with Gasteiger partial charge < -0.3 is 5.11 Å². The number of anilines is 1. The molecule has 154 valence electrons. The van der Waals surface area contributed by atoms with Crippen molar-refractivity contribution in [1.29, 1.82) is 0 Å². The normalized spacial score (nSPS) is 11.0. The molecule has 31 heavy (non-hydrogen) atoms. The molecule has 0 fully saturated rings. The van der Waals surface area contributed by atoms with Gasteiger partial charge in [0, 0.05) is 17.0 Å². The Balaban J connectivity index is 1.87. The third kappa shape index (κ3) is 4.25. The molecule has 5 heteroatoms. The summed E-state index contributed by atoms with van der Waals surface area (Å²) in [7, 11) is -3.60. The van der Waals surface area contributed by atoms with E-state index in [4.69, 9.17) is 0 Å². The van der Waals surface area contributed by atoms with E-state index < -0.39 is 10.0 Å². The molecule has 0 aliphatic heterocycles. The first kappa shape index (κ1) is 20.5. The van der Waals surface area contributed by atoms with Crippen LogP contribution in [0.1, 0.15) is 11.1 Å². The number of benzene rings is 4. The molecule has 0 heterocycles. The van der Waals surface area contributed by atoms with Gasteiger partial charge in [0.2, 0.25) is 10.0 Å². The van der Waals surface area contributed by atoms with Gasteiger partial charge >= 0.3 is 0 Å². The zero-order chi connectivity index (χ0) is 22.0. The molecule has 4 aromatic rings. The van der Waals surface area contributed by atoms with Crippen LogP contribution < -0.4 is 4.31 Å². The highest BCUT2D eigenvalue weighted by atomic mass is 32.2. The maximum absolute atomic E-state index is 12.4. The van der Waals surface area contributed by atoms with E-state index in [1.165, 1.54) is 0 Å². The summed E-state index contributed by atoms with van der Waals surface area (Å²) < 4.78 is 26.0. The molecular weight excluding hydrogens is 406 g/mol. The van der Waals surface area contributed by atoms with Crippen LogP contribution in [0.15, 0.2) is 84.9 Å². The van der Waals surface area contributed by atoms with Crippen LogP contribution in [-0.2, 0) is 10.0 Å². The molecule has 0 saturated heterocycles. The highest BCUT2D eigenvalue weighted by Crippen LogP contribution is 2.35. The Morgan fingerprint density at radius 1 is 0.806 bits per heavy atom. The molecule has 0 saturated carbocycles. The quantitative estimate of drug-likeness (QED) is 0.357. The Labute approximate surface area is 182 Å². The van der Waals surface area contributed by atoms with E-state index in [1.54, 1.807) is 24.3 Å². The second-order valence-electron chi connectivity index (χ2n) is 7.33. The number of sulfonamides is 1. The van der Waals surface area contributed by atoms with E-state index in [-0.39, 0.29) is 5.75 Å². The molecule has 4 rings (SSSR count). The summed E-state index contributed by atoms with van der Waals surface area (Å²) >= 11 is 0. The van der Waals surface area contributed by atoms with Gasteiger partial charge in [-0.05, 0) is 59.2 Å². The van der Waals surface area contributed by atoms with E-state index in [2.05, 4.69) is 12.0 Å². The van der Waals surface area contributed by atoms with Crippen molar-refractivity contribution in [2.24, 2.45) is 0 Å². The summed E-state index contributed by atoms with van der Waals surface area (Å²) in [5.41, 5.74) is 3.93. The largest absolute Gasteiger partial charge is 0.507 e. The van der Waals surface area contributed by atoms with E-state index in [9.17, 15) is 13.5 Å². The number of aromatic hydroxyl groups is 1. The average molecular weight is 428 g/mol. The minimum absolute atomic E-state index is 0.214. The Kier molecular flexibility index (Phi) is 5.41. The highest BCUT2D eigenvalue weighted by Gasteiger charge is 2.16. The summed E-state index contributed by atoms with van der Waals surface area (Å²) in [6.07, 6.45) is 1.14. The number of rotatable bonds is 3. The molecule has 0 radical (unpaired) electrons. The molecule has 0 unspecified atom stereocenters. The topological polar surface area (TPSA) is 57.6 Å². The predicted octanol–water partition coefficient (Wildman–Crippen LogP) is 5.30. The Bertz CT molecular complexity index is 1450. The van der Waals surface area contributed by atoms with Gasteiger partial charge in [-0.1, -0.05) is 60.7 Å². The van der Waals surface area contributed by atoms with Crippen LogP contribution in [-0.4, -0.2) is 19.8 Å².